The minimum absolute atomic E-state index is 0.0219. The van der Waals surface area contributed by atoms with Gasteiger partial charge in [-0.05, 0) is 55.8 Å². The lowest BCUT2D eigenvalue weighted by molar-refractivity contribution is 0.0746. The second kappa shape index (κ2) is 10.2. The van der Waals surface area contributed by atoms with Gasteiger partial charge < -0.3 is 19.3 Å². The van der Waals surface area contributed by atoms with Gasteiger partial charge in [-0.3, -0.25) is 9.78 Å². The summed E-state index contributed by atoms with van der Waals surface area (Å²) in [6.07, 6.45) is 3.50. The minimum Gasteiger partial charge on any atom is -0.490 e. The van der Waals surface area contributed by atoms with Crippen LogP contribution < -0.4 is 14.4 Å². The van der Waals surface area contributed by atoms with Crippen molar-refractivity contribution in [2.24, 2.45) is 0 Å². The molecular weight excluding hydrogens is 402 g/mol. The number of hydrogen-bond donors (Lipinski definition) is 0. The summed E-state index contributed by atoms with van der Waals surface area (Å²) >= 11 is 0. The zero-order chi connectivity index (χ0) is 22.3. The Hall–Kier alpha value is -3.54. The smallest absolute Gasteiger partial charge is 0.254 e. The van der Waals surface area contributed by atoms with Gasteiger partial charge in [0, 0.05) is 55.4 Å². The Morgan fingerprint density at radius 3 is 2.53 bits per heavy atom. The number of hydrogen-bond acceptors (Lipinski definition) is 5. The molecule has 6 nitrogen and oxygen atoms in total. The van der Waals surface area contributed by atoms with Gasteiger partial charge in [0.05, 0.1) is 6.61 Å². The van der Waals surface area contributed by atoms with E-state index in [2.05, 4.69) is 41.1 Å². The third kappa shape index (κ3) is 5.19. The molecule has 0 atom stereocenters. The zero-order valence-corrected chi connectivity index (χ0v) is 18.7. The molecule has 6 heteroatoms. The molecule has 0 N–H and O–H groups in total. The molecule has 2 aromatic carbocycles. The van der Waals surface area contributed by atoms with Gasteiger partial charge in [0.1, 0.15) is 6.61 Å². The number of benzene rings is 2. The second-order valence-electron chi connectivity index (χ2n) is 7.86. The molecule has 0 radical (unpaired) electrons. The summed E-state index contributed by atoms with van der Waals surface area (Å²) in [6, 6.07) is 17.8. The summed E-state index contributed by atoms with van der Waals surface area (Å²) in [5.74, 6) is 1.23. The number of ether oxygens (including phenoxy) is 2. The highest BCUT2D eigenvalue weighted by Gasteiger charge is 2.23. The fourth-order valence-electron chi connectivity index (χ4n) is 3.85. The van der Waals surface area contributed by atoms with E-state index in [0.29, 0.717) is 43.4 Å². The van der Waals surface area contributed by atoms with Gasteiger partial charge in [-0.2, -0.15) is 0 Å². The Labute approximate surface area is 189 Å². The van der Waals surface area contributed by atoms with Gasteiger partial charge in [0.15, 0.2) is 11.5 Å². The van der Waals surface area contributed by atoms with Crippen molar-refractivity contribution in [3.8, 4) is 11.5 Å². The fourth-order valence-corrected chi connectivity index (χ4v) is 3.85. The predicted octanol–water partition coefficient (Wildman–Crippen LogP) is 4.33. The number of aryl methyl sites for hydroxylation is 1. The van der Waals surface area contributed by atoms with Crippen LogP contribution in [-0.2, 0) is 6.61 Å². The first-order valence-corrected chi connectivity index (χ1v) is 11.0. The van der Waals surface area contributed by atoms with Crippen molar-refractivity contribution in [2.45, 2.75) is 20.5 Å². The summed E-state index contributed by atoms with van der Waals surface area (Å²) in [6.45, 7) is 7.93. The van der Waals surface area contributed by atoms with E-state index in [1.807, 2.05) is 36.1 Å². The van der Waals surface area contributed by atoms with Crippen LogP contribution in [0.4, 0.5) is 5.69 Å². The van der Waals surface area contributed by atoms with Crippen LogP contribution in [0.1, 0.15) is 28.4 Å². The Morgan fingerprint density at radius 2 is 1.81 bits per heavy atom. The van der Waals surface area contributed by atoms with Crippen LogP contribution in [0.25, 0.3) is 0 Å². The normalized spacial score (nSPS) is 13.7. The first-order chi connectivity index (χ1) is 15.6. The molecule has 2 heterocycles. The molecule has 0 unspecified atom stereocenters. The summed E-state index contributed by atoms with van der Waals surface area (Å²) in [5, 5.41) is 0. The largest absolute Gasteiger partial charge is 0.490 e. The van der Waals surface area contributed by atoms with E-state index in [0.717, 1.165) is 18.7 Å². The van der Waals surface area contributed by atoms with Gasteiger partial charge in [0.25, 0.3) is 5.91 Å². The lowest BCUT2D eigenvalue weighted by Gasteiger charge is -2.36. The summed E-state index contributed by atoms with van der Waals surface area (Å²) in [4.78, 5) is 21.5. The van der Waals surface area contributed by atoms with Crippen LogP contribution in [0, 0.1) is 6.92 Å². The maximum Gasteiger partial charge on any atom is 0.254 e. The molecule has 166 valence electrons. The van der Waals surface area contributed by atoms with E-state index in [1.165, 1.54) is 11.3 Å². The molecule has 1 aliphatic heterocycles. The van der Waals surface area contributed by atoms with Gasteiger partial charge in [0.2, 0.25) is 0 Å². The molecule has 0 saturated carbocycles. The average molecular weight is 432 g/mol. The average Bonchev–Trinajstić information content (AvgIpc) is 2.84. The van der Waals surface area contributed by atoms with Crippen molar-refractivity contribution < 1.29 is 14.3 Å². The fraction of sp³-hybridized carbons (Fsp3) is 0.308. The van der Waals surface area contributed by atoms with E-state index < -0.39 is 0 Å². The number of pyridine rings is 1. The maximum absolute atomic E-state index is 13.1. The number of carbonyl (C=O) groups is 1. The van der Waals surface area contributed by atoms with Gasteiger partial charge >= 0.3 is 0 Å². The van der Waals surface area contributed by atoms with Crippen LogP contribution >= 0.6 is 0 Å². The van der Waals surface area contributed by atoms with Gasteiger partial charge in [-0.15, -0.1) is 0 Å². The molecule has 0 bridgehead atoms. The van der Waals surface area contributed by atoms with Crippen molar-refractivity contribution >= 4 is 11.6 Å². The van der Waals surface area contributed by atoms with Gasteiger partial charge in [-0.25, -0.2) is 0 Å². The number of aromatic nitrogens is 1. The first-order valence-electron chi connectivity index (χ1n) is 11.0. The second-order valence-corrected chi connectivity index (χ2v) is 7.86. The SMILES string of the molecule is CCOc1cc(C(=O)N2CCN(c3cccc(C)c3)CC2)ccc1OCc1cccnc1. The minimum atomic E-state index is 0.0219. The molecule has 1 aliphatic rings. The van der Waals surface area contributed by atoms with Crippen molar-refractivity contribution in [2.75, 3.05) is 37.7 Å². The van der Waals surface area contributed by atoms with Crippen molar-refractivity contribution in [1.82, 2.24) is 9.88 Å². The number of rotatable bonds is 7. The zero-order valence-electron chi connectivity index (χ0n) is 18.7. The Bertz CT molecular complexity index is 1050. The number of nitrogens with zero attached hydrogens (tertiary/aromatic N) is 3. The summed E-state index contributed by atoms with van der Waals surface area (Å²) in [5.41, 5.74) is 4.05. The molecule has 0 spiro atoms. The lowest BCUT2D eigenvalue weighted by atomic mass is 10.1. The Balaban J connectivity index is 1.41. The van der Waals surface area contributed by atoms with E-state index in [-0.39, 0.29) is 5.91 Å². The Kier molecular flexibility index (Phi) is 6.90. The third-order valence-corrected chi connectivity index (χ3v) is 5.54. The molecule has 1 fully saturated rings. The quantitative estimate of drug-likeness (QED) is 0.557. The lowest BCUT2D eigenvalue weighted by Crippen LogP contribution is -2.48. The number of anilines is 1. The molecular formula is C26H29N3O3. The number of piperazine rings is 1. The molecule has 1 aromatic heterocycles. The monoisotopic (exact) mass is 431 g/mol. The van der Waals surface area contributed by atoms with Crippen molar-refractivity contribution in [3.05, 3.63) is 83.7 Å². The highest BCUT2D eigenvalue weighted by atomic mass is 16.5. The first kappa shape index (κ1) is 21.7. The molecule has 3 aromatic rings. The molecule has 1 saturated heterocycles. The maximum atomic E-state index is 13.1. The standard InChI is InChI=1S/C26H29N3O3/c1-3-31-25-17-22(9-10-24(25)32-19-21-7-5-11-27-18-21)26(30)29-14-12-28(13-15-29)23-8-4-6-20(2)16-23/h4-11,16-18H,3,12-15,19H2,1-2H3. The van der Waals surface area contributed by atoms with E-state index in [4.69, 9.17) is 9.47 Å². The predicted molar refractivity (Wildman–Crippen MR) is 125 cm³/mol. The van der Waals surface area contributed by atoms with Gasteiger partial charge in [-0.1, -0.05) is 18.2 Å². The Morgan fingerprint density at radius 1 is 0.969 bits per heavy atom. The molecule has 32 heavy (non-hydrogen) atoms. The van der Waals surface area contributed by atoms with E-state index >= 15 is 0 Å². The highest BCUT2D eigenvalue weighted by molar-refractivity contribution is 5.95. The molecule has 4 rings (SSSR count). The van der Waals surface area contributed by atoms with Crippen LogP contribution in [-0.4, -0.2) is 48.6 Å². The van der Waals surface area contributed by atoms with Crippen LogP contribution in [0.3, 0.4) is 0 Å². The topological polar surface area (TPSA) is 54.9 Å². The molecule has 0 aliphatic carbocycles. The van der Waals surface area contributed by atoms with Crippen molar-refractivity contribution in [1.29, 1.82) is 0 Å². The summed E-state index contributed by atoms with van der Waals surface area (Å²) < 4.78 is 11.7. The highest BCUT2D eigenvalue weighted by Crippen LogP contribution is 2.30. The van der Waals surface area contributed by atoms with Crippen molar-refractivity contribution in [3.63, 3.8) is 0 Å². The van der Waals surface area contributed by atoms with Crippen LogP contribution in [0.2, 0.25) is 0 Å². The number of carbonyl (C=O) groups excluding carboxylic acids is 1. The van der Waals surface area contributed by atoms with E-state index in [9.17, 15) is 4.79 Å². The number of amides is 1. The van der Waals surface area contributed by atoms with Crippen LogP contribution in [0.15, 0.2) is 67.0 Å². The third-order valence-electron chi connectivity index (χ3n) is 5.54. The summed E-state index contributed by atoms with van der Waals surface area (Å²) in [7, 11) is 0. The van der Waals surface area contributed by atoms with Crippen LogP contribution in [0.5, 0.6) is 11.5 Å². The molecule has 1 amide bonds. The van der Waals surface area contributed by atoms with E-state index in [1.54, 1.807) is 18.5 Å².